The first-order valence-corrected chi connectivity index (χ1v) is 7.69. The molecule has 5 nitrogen and oxygen atoms in total. The van der Waals surface area contributed by atoms with Gasteiger partial charge in [-0.3, -0.25) is 9.59 Å². The van der Waals surface area contributed by atoms with Crippen LogP contribution in [0.5, 0.6) is 5.75 Å². The minimum Gasteiger partial charge on any atom is -0.484 e. The highest BCUT2D eigenvalue weighted by atomic mass is 16.5. The number of primary amides is 1. The average molecular weight is 326 g/mol. The monoisotopic (exact) mass is 326 g/mol. The van der Waals surface area contributed by atoms with Gasteiger partial charge in [-0.05, 0) is 47.4 Å². The van der Waals surface area contributed by atoms with Crippen LogP contribution in [0.15, 0.2) is 48.5 Å². The van der Waals surface area contributed by atoms with Crippen LogP contribution in [0.3, 0.4) is 0 Å². The molecule has 24 heavy (non-hydrogen) atoms. The molecule has 126 valence electrons. The molecule has 0 aromatic heterocycles. The molecule has 0 spiro atoms. The molecule has 0 heterocycles. The normalized spacial score (nSPS) is 11.0. The zero-order chi connectivity index (χ0) is 17.7. The first-order chi connectivity index (χ1) is 11.3. The maximum atomic E-state index is 11.9. The molecule has 2 amide bonds. The fraction of sp³-hybridized carbons (Fsp3) is 0.263. The van der Waals surface area contributed by atoms with Crippen LogP contribution >= 0.6 is 0 Å². The van der Waals surface area contributed by atoms with E-state index in [1.54, 1.807) is 24.3 Å². The Kier molecular flexibility index (Phi) is 5.24. The Morgan fingerprint density at radius 1 is 1.00 bits per heavy atom. The van der Waals surface area contributed by atoms with Crippen LogP contribution in [0, 0.1) is 0 Å². The van der Waals surface area contributed by atoms with Gasteiger partial charge in [-0.15, -0.1) is 0 Å². The Balaban J connectivity index is 1.87. The van der Waals surface area contributed by atoms with Crippen LogP contribution in [0.2, 0.25) is 0 Å². The maximum absolute atomic E-state index is 11.9. The van der Waals surface area contributed by atoms with Crippen LogP contribution in [0.4, 0.5) is 5.69 Å². The summed E-state index contributed by atoms with van der Waals surface area (Å²) in [5.41, 5.74) is 7.42. The first-order valence-electron chi connectivity index (χ1n) is 7.69. The molecule has 0 aliphatic heterocycles. The topological polar surface area (TPSA) is 81.4 Å². The number of carbonyl (C=O) groups excluding carboxylic acids is 2. The van der Waals surface area contributed by atoms with Gasteiger partial charge in [0.25, 0.3) is 5.91 Å². The molecule has 0 radical (unpaired) electrons. The van der Waals surface area contributed by atoms with Gasteiger partial charge in [-0.25, -0.2) is 0 Å². The molecular weight excluding hydrogens is 304 g/mol. The maximum Gasteiger partial charge on any atom is 0.262 e. The predicted octanol–water partition coefficient (Wildman–Crippen LogP) is 3.10. The highest BCUT2D eigenvalue weighted by molar-refractivity contribution is 5.95. The molecule has 0 saturated heterocycles. The Bertz CT molecular complexity index is 714. The van der Waals surface area contributed by atoms with Gasteiger partial charge in [-0.1, -0.05) is 32.9 Å². The number of nitrogens with two attached hydrogens (primary N) is 1. The van der Waals surface area contributed by atoms with Crippen molar-refractivity contribution in [3.63, 3.8) is 0 Å². The number of hydrogen-bond acceptors (Lipinski definition) is 3. The average Bonchev–Trinajstić information content (AvgIpc) is 2.53. The highest BCUT2D eigenvalue weighted by Gasteiger charge is 2.13. The predicted molar refractivity (Wildman–Crippen MR) is 94.2 cm³/mol. The van der Waals surface area contributed by atoms with Gasteiger partial charge in [0.15, 0.2) is 6.61 Å². The number of benzene rings is 2. The molecular formula is C19H22N2O3. The molecule has 5 heteroatoms. The van der Waals surface area contributed by atoms with E-state index in [1.807, 2.05) is 24.3 Å². The molecule has 2 aromatic carbocycles. The molecule has 0 aliphatic carbocycles. The fourth-order valence-corrected chi connectivity index (χ4v) is 2.11. The van der Waals surface area contributed by atoms with E-state index < -0.39 is 5.91 Å². The smallest absolute Gasteiger partial charge is 0.262 e. The van der Waals surface area contributed by atoms with Crippen molar-refractivity contribution in [2.45, 2.75) is 26.2 Å². The summed E-state index contributed by atoms with van der Waals surface area (Å²) < 4.78 is 5.48. The van der Waals surface area contributed by atoms with Crippen molar-refractivity contribution in [3.05, 3.63) is 59.7 Å². The number of hydrogen-bond donors (Lipinski definition) is 2. The van der Waals surface area contributed by atoms with Gasteiger partial charge < -0.3 is 15.8 Å². The second-order valence-electron chi connectivity index (χ2n) is 6.55. The lowest BCUT2D eigenvalue weighted by Gasteiger charge is -2.19. The van der Waals surface area contributed by atoms with E-state index >= 15 is 0 Å². The Morgan fingerprint density at radius 2 is 1.58 bits per heavy atom. The Morgan fingerprint density at radius 3 is 2.08 bits per heavy atom. The van der Waals surface area contributed by atoms with Gasteiger partial charge in [0.1, 0.15) is 5.75 Å². The Hall–Kier alpha value is -2.82. The van der Waals surface area contributed by atoms with Crippen molar-refractivity contribution in [1.82, 2.24) is 0 Å². The van der Waals surface area contributed by atoms with Crippen LogP contribution in [-0.4, -0.2) is 18.4 Å². The van der Waals surface area contributed by atoms with E-state index in [1.165, 1.54) is 5.56 Å². The number of carbonyl (C=O) groups is 2. The van der Waals surface area contributed by atoms with Crippen molar-refractivity contribution in [2.24, 2.45) is 5.73 Å². The van der Waals surface area contributed by atoms with E-state index in [4.69, 9.17) is 10.5 Å². The SMILES string of the molecule is CC(C)(C)c1ccc(OCC(=O)Nc2ccc(C(N)=O)cc2)cc1. The van der Waals surface area contributed by atoms with Crippen LogP contribution in [0.25, 0.3) is 0 Å². The van der Waals surface area contributed by atoms with Gasteiger partial charge in [0.2, 0.25) is 5.91 Å². The van der Waals surface area contributed by atoms with E-state index in [0.717, 1.165) is 0 Å². The van der Waals surface area contributed by atoms with Crippen LogP contribution in [-0.2, 0) is 10.2 Å². The van der Waals surface area contributed by atoms with Crippen molar-refractivity contribution in [1.29, 1.82) is 0 Å². The molecule has 2 aromatic rings. The Labute approximate surface area is 141 Å². The second kappa shape index (κ2) is 7.17. The van der Waals surface area contributed by atoms with Crippen LogP contribution in [0.1, 0.15) is 36.7 Å². The minimum atomic E-state index is -0.505. The molecule has 0 unspecified atom stereocenters. The third-order valence-corrected chi connectivity index (χ3v) is 3.54. The summed E-state index contributed by atoms with van der Waals surface area (Å²) in [5.74, 6) is -0.140. The minimum absolute atomic E-state index is 0.0764. The third kappa shape index (κ3) is 4.84. The van der Waals surface area contributed by atoms with E-state index in [0.29, 0.717) is 17.0 Å². The van der Waals surface area contributed by atoms with E-state index in [-0.39, 0.29) is 17.9 Å². The fourth-order valence-electron chi connectivity index (χ4n) is 2.11. The zero-order valence-corrected chi connectivity index (χ0v) is 14.1. The number of rotatable bonds is 5. The third-order valence-electron chi connectivity index (χ3n) is 3.54. The van der Waals surface area contributed by atoms with Crippen molar-refractivity contribution < 1.29 is 14.3 Å². The van der Waals surface area contributed by atoms with E-state index in [9.17, 15) is 9.59 Å². The largest absolute Gasteiger partial charge is 0.484 e. The summed E-state index contributed by atoms with van der Waals surface area (Å²) in [4.78, 5) is 22.9. The quantitative estimate of drug-likeness (QED) is 0.886. The van der Waals surface area contributed by atoms with Gasteiger partial charge >= 0.3 is 0 Å². The number of amides is 2. The van der Waals surface area contributed by atoms with Gasteiger partial charge in [0.05, 0.1) is 0 Å². The molecule has 0 saturated carbocycles. The van der Waals surface area contributed by atoms with Gasteiger partial charge in [-0.2, -0.15) is 0 Å². The molecule has 0 fully saturated rings. The second-order valence-corrected chi connectivity index (χ2v) is 6.55. The molecule has 3 N–H and O–H groups in total. The molecule has 0 bridgehead atoms. The lowest BCUT2D eigenvalue weighted by atomic mass is 9.87. The molecule has 0 aliphatic rings. The summed E-state index contributed by atoms with van der Waals surface area (Å²) >= 11 is 0. The summed E-state index contributed by atoms with van der Waals surface area (Å²) in [6, 6.07) is 14.1. The number of nitrogens with one attached hydrogen (secondary N) is 1. The number of anilines is 1. The summed E-state index contributed by atoms with van der Waals surface area (Å²) in [6.45, 7) is 6.33. The molecule has 2 rings (SSSR count). The molecule has 0 atom stereocenters. The lowest BCUT2D eigenvalue weighted by Crippen LogP contribution is -2.20. The van der Waals surface area contributed by atoms with Crippen molar-refractivity contribution in [3.8, 4) is 5.75 Å². The summed E-state index contributed by atoms with van der Waals surface area (Å²) in [6.07, 6.45) is 0. The van der Waals surface area contributed by atoms with Crippen molar-refractivity contribution >= 4 is 17.5 Å². The summed E-state index contributed by atoms with van der Waals surface area (Å²) in [5, 5.41) is 2.70. The summed E-state index contributed by atoms with van der Waals surface area (Å²) in [7, 11) is 0. The van der Waals surface area contributed by atoms with Crippen molar-refractivity contribution in [2.75, 3.05) is 11.9 Å². The zero-order valence-electron chi connectivity index (χ0n) is 14.1. The van der Waals surface area contributed by atoms with Crippen LogP contribution < -0.4 is 15.8 Å². The lowest BCUT2D eigenvalue weighted by molar-refractivity contribution is -0.118. The highest BCUT2D eigenvalue weighted by Crippen LogP contribution is 2.24. The standard InChI is InChI=1S/C19H22N2O3/c1-19(2,3)14-6-10-16(11-7-14)24-12-17(22)21-15-8-4-13(5-9-15)18(20)23/h4-11H,12H2,1-3H3,(H2,20,23)(H,21,22). The first kappa shape index (κ1) is 17.5. The van der Waals surface area contributed by atoms with E-state index in [2.05, 4.69) is 26.1 Å². The van der Waals surface area contributed by atoms with Gasteiger partial charge in [0, 0.05) is 11.3 Å². The number of ether oxygens (including phenoxy) is 1.